The Kier molecular flexibility index (Phi) is 5.04. The van der Waals surface area contributed by atoms with E-state index < -0.39 is 17.9 Å². The lowest BCUT2D eigenvalue weighted by Crippen LogP contribution is -2.28. The van der Waals surface area contributed by atoms with Crippen molar-refractivity contribution in [2.75, 3.05) is 6.54 Å². The minimum absolute atomic E-state index is 0.00502. The SMILES string of the molecule is NC1=C(C(=O)NCCc2ccc(F)cc2)C=C(F)C(F)C=C1. The van der Waals surface area contributed by atoms with Gasteiger partial charge in [0.15, 0.2) is 6.17 Å². The molecule has 0 heterocycles. The number of rotatable bonds is 4. The van der Waals surface area contributed by atoms with Crippen molar-refractivity contribution in [2.45, 2.75) is 12.6 Å². The lowest BCUT2D eigenvalue weighted by atomic mass is 10.1. The number of amides is 1. The van der Waals surface area contributed by atoms with Crippen LogP contribution in [0.4, 0.5) is 13.2 Å². The van der Waals surface area contributed by atoms with Gasteiger partial charge in [-0.25, -0.2) is 13.2 Å². The average molecular weight is 308 g/mol. The predicted octanol–water partition coefficient (Wildman–Crippen LogP) is 2.46. The van der Waals surface area contributed by atoms with Crippen LogP contribution in [0.1, 0.15) is 5.56 Å². The van der Waals surface area contributed by atoms with Gasteiger partial charge in [-0.1, -0.05) is 12.1 Å². The number of halogens is 3. The molecule has 1 unspecified atom stereocenters. The van der Waals surface area contributed by atoms with E-state index in [1.807, 2.05) is 0 Å². The fourth-order valence-corrected chi connectivity index (χ4v) is 1.93. The molecular weight excluding hydrogens is 293 g/mol. The van der Waals surface area contributed by atoms with Gasteiger partial charge in [-0.3, -0.25) is 4.79 Å². The van der Waals surface area contributed by atoms with Crippen LogP contribution in [-0.2, 0) is 11.2 Å². The largest absolute Gasteiger partial charge is 0.398 e. The minimum Gasteiger partial charge on any atom is -0.398 e. The molecule has 6 heteroatoms. The second kappa shape index (κ2) is 6.98. The number of hydrogen-bond acceptors (Lipinski definition) is 2. The summed E-state index contributed by atoms with van der Waals surface area (Å²) in [5.41, 5.74) is 6.34. The first-order chi connectivity index (χ1) is 10.5. The maximum atomic E-state index is 13.4. The van der Waals surface area contributed by atoms with E-state index in [4.69, 9.17) is 5.73 Å². The average Bonchev–Trinajstić information content (AvgIpc) is 2.62. The van der Waals surface area contributed by atoms with Crippen molar-refractivity contribution in [2.24, 2.45) is 5.73 Å². The van der Waals surface area contributed by atoms with Crippen molar-refractivity contribution in [1.82, 2.24) is 5.32 Å². The van der Waals surface area contributed by atoms with Crippen LogP contribution in [0.15, 0.2) is 59.6 Å². The summed E-state index contributed by atoms with van der Waals surface area (Å²) in [6, 6.07) is 5.87. The molecule has 0 spiro atoms. The molecule has 0 saturated carbocycles. The molecule has 0 aromatic heterocycles. The first kappa shape index (κ1) is 15.9. The smallest absolute Gasteiger partial charge is 0.253 e. The van der Waals surface area contributed by atoms with E-state index in [9.17, 15) is 18.0 Å². The maximum Gasteiger partial charge on any atom is 0.253 e. The van der Waals surface area contributed by atoms with Crippen LogP contribution in [0.3, 0.4) is 0 Å². The third-order valence-corrected chi connectivity index (χ3v) is 3.16. The van der Waals surface area contributed by atoms with Crippen molar-refractivity contribution < 1.29 is 18.0 Å². The molecule has 2 rings (SSSR count). The number of carbonyl (C=O) groups is 1. The molecule has 0 fully saturated rings. The van der Waals surface area contributed by atoms with Gasteiger partial charge in [0.05, 0.1) is 5.57 Å². The second-order valence-electron chi connectivity index (χ2n) is 4.79. The molecule has 1 aromatic carbocycles. The summed E-state index contributed by atoms with van der Waals surface area (Å²) in [5, 5.41) is 2.57. The summed E-state index contributed by atoms with van der Waals surface area (Å²) >= 11 is 0. The Morgan fingerprint density at radius 3 is 2.59 bits per heavy atom. The molecule has 0 aliphatic heterocycles. The van der Waals surface area contributed by atoms with Gasteiger partial charge in [-0.15, -0.1) is 0 Å². The summed E-state index contributed by atoms with van der Waals surface area (Å²) in [5.74, 6) is -1.99. The van der Waals surface area contributed by atoms with Crippen LogP contribution < -0.4 is 11.1 Å². The third-order valence-electron chi connectivity index (χ3n) is 3.16. The first-order valence-corrected chi connectivity index (χ1v) is 6.69. The lowest BCUT2D eigenvalue weighted by molar-refractivity contribution is -0.117. The van der Waals surface area contributed by atoms with Crippen LogP contribution in [0.2, 0.25) is 0 Å². The number of allylic oxidation sites excluding steroid dienone is 3. The maximum absolute atomic E-state index is 13.4. The number of carbonyl (C=O) groups excluding carboxylic acids is 1. The van der Waals surface area contributed by atoms with Gasteiger partial charge in [0.2, 0.25) is 0 Å². The molecule has 3 nitrogen and oxygen atoms in total. The van der Waals surface area contributed by atoms with E-state index in [-0.39, 0.29) is 23.6 Å². The molecule has 116 valence electrons. The van der Waals surface area contributed by atoms with Gasteiger partial charge in [0.25, 0.3) is 5.91 Å². The summed E-state index contributed by atoms with van der Waals surface area (Å²) in [7, 11) is 0. The van der Waals surface area contributed by atoms with E-state index in [1.54, 1.807) is 12.1 Å². The molecule has 1 atom stereocenters. The van der Waals surface area contributed by atoms with Gasteiger partial charge >= 0.3 is 0 Å². The van der Waals surface area contributed by atoms with Crippen molar-refractivity contribution in [3.05, 3.63) is 71.0 Å². The minimum atomic E-state index is -1.90. The Morgan fingerprint density at radius 1 is 1.23 bits per heavy atom. The van der Waals surface area contributed by atoms with Crippen molar-refractivity contribution in [3.8, 4) is 0 Å². The third kappa shape index (κ3) is 4.00. The van der Waals surface area contributed by atoms with E-state index in [2.05, 4.69) is 5.32 Å². The number of benzene rings is 1. The van der Waals surface area contributed by atoms with Crippen LogP contribution >= 0.6 is 0 Å². The zero-order valence-electron chi connectivity index (χ0n) is 11.7. The molecule has 1 amide bonds. The first-order valence-electron chi connectivity index (χ1n) is 6.69. The zero-order chi connectivity index (χ0) is 16.1. The fraction of sp³-hybridized carbons (Fsp3) is 0.188. The van der Waals surface area contributed by atoms with Gasteiger partial charge in [-0.2, -0.15) is 0 Å². The summed E-state index contributed by atoms with van der Waals surface area (Å²) < 4.78 is 39.3. The summed E-state index contributed by atoms with van der Waals surface area (Å²) in [6.07, 6.45) is 1.49. The van der Waals surface area contributed by atoms with Crippen LogP contribution in [0, 0.1) is 5.82 Å². The molecule has 0 radical (unpaired) electrons. The molecule has 0 bridgehead atoms. The normalized spacial score (nSPS) is 18.0. The second-order valence-corrected chi connectivity index (χ2v) is 4.79. The number of hydrogen-bond donors (Lipinski definition) is 2. The summed E-state index contributed by atoms with van der Waals surface area (Å²) in [6.45, 7) is 0.263. The van der Waals surface area contributed by atoms with E-state index >= 15 is 0 Å². The highest BCUT2D eigenvalue weighted by Crippen LogP contribution is 2.19. The number of alkyl halides is 1. The van der Waals surface area contributed by atoms with Gasteiger partial charge in [0.1, 0.15) is 11.6 Å². The Bertz CT molecular complexity index is 648. The Labute approximate surface area is 126 Å². The molecular formula is C16H15F3N2O. The van der Waals surface area contributed by atoms with Gasteiger partial charge in [0, 0.05) is 12.2 Å². The summed E-state index contributed by atoms with van der Waals surface area (Å²) in [4.78, 5) is 12.0. The molecule has 22 heavy (non-hydrogen) atoms. The van der Waals surface area contributed by atoms with Gasteiger partial charge in [-0.05, 0) is 42.3 Å². The number of nitrogens with one attached hydrogen (secondary N) is 1. The van der Waals surface area contributed by atoms with Crippen molar-refractivity contribution in [1.29, 1.82) is 0 Å². The van der Waals surface area contributed by atoms with Crippen molar-refractivity contribution in [3.63, 3.8) is 0 Å². The van der Waals surface area contributed by atoms with Crippen LogP contribution in [0.5, 0.6) is 0 Å². The topological polar surface area (TPSA) is 55.1 Å². The van der Waals surface area contributed by atoms with Crippen LogP contribution in [0.25, 0.3) is 0 Å². The lowest BCUT2D eigenvalue weighted by Gasteiger charge is -2.07. The number of nitrogens with two attached hydrogens (primary N) is 1. The highest BCUT2D eigenvalue weighted by Gasteiger charge is 2.18. The Hall–Kier alpha value is -2.50. The van der Waals surface area contributed by atoms with Gasteiger partial charge < -0.3 is 11.1 Å². The van der Waals surface area contributed by atoms with Crippen LogP contribution in [-0.4, -0.2) is 18.6 Å². The molecule has 0 saturated heterocycles. The zero-order valence-corrected chi connectivity index (χ0v) is 11.7. The van der Waals surface area contributed by atoms with E-state index in [0.29, 0.717) is 6.42 Å². The quantitative estimate of drug-likeness (QED) is 0.898. The molecule has 1 aliphatic rings. The monoisotopic (exact) mass is 308 g/mol. The predicted molar refractivity (Wildman–Crippen MR) is 77.6 cm³/mol. The Morgan fingerprint density at radius 2 is 1.91 bits per heavy atom. The molecule has 1 aromatic rings. The van der Waals surface area contributed by atoms with Crippen molar-refractivity contribution >= 4 is 5.91 Å². The molecule has 1 aliphatic carbocycles. The van der Waals surface area contributed by atoms with E-state index in [1.165, 1.54) is 18.2 Å². The fourth-order valence-electron chi connectivity index (χ4n) is 1.93. The standard InChI is InChI=1S/C16H15F3N2O/c17-11-3-1-10(2-4-11)7-8-21-16(22)12-9-14(19)13(18)5-6-15(12)20/h1-6,9,13H,7-8,20H2,(H,21,22). The highest BCUT2D eigenvalue weighted by molar-refractivity contribution is 5.97. The Balaban J connectivity index is 1.97. The van der Waals surface area contributed by atoms with E-state index in [0.717, 1.165) is 17.7 Å². The molecule has 3 N–H and O–H groups in total. The highest BCUT2D eigenvalue weighted by atomic mass is 19.2.